The Morgan fingerprint density at radius 3 is 2.50 bits per heavy atom. The molecule has 1 amide bonds. The zero-order chi connectivity index (χ0) is 24.7. The number of carbonyl (C=O) groups excluding carboxylic acids is 1. The van der Waals surface area contributed by atoms with E-state index in [-0.39, 0.29) is 5.57 Å². The molecule has 34 heavy (non-hydrogen) atoms. The Balaban J connectivity index is 1.76. The third-order valence-corrected chi connectivity index (χ3v) is 5.75. The summed E-state index contributed by atoms with van der Waals surface area (Å²) in [5.41, 5.74) is 3.13. The molecule has 3 aromatic rings. The van der Waals surface area contributed by atoms with Crippen LogP contribution in [0.5, 0.6) is 17.2 Å². The van der Waals surface area contributed by atoms with E-state index in [0.717, 1.165) is 11.1 Å². The van der Waals surface area contributed by atoms with Gasteiger partial charge in [-0.2, -0.15) is 5.26 Å². The number of carbonyl (C=O) groups is 1. The molecule has 6 nitrogen and oxygen atoms in total. The summed E-state index contributed by atoms with van der Waals surface area (Å²) in [7, 11) is 2.92. The van der Waals surface area contributed by atoms with Gasteiger partial charge in [-0.15, -0.1) is 0 Å². The van der Waals surface area contributed by atoms with Crippen molar-refractivity contribution in [3.63, 3.8) is 0 Å². The van der Waals surface area contributed by atoms with Gasteiger partial charge in [0, 0.05) is 12.1 Å². The number of ether oxygens (including phenoxy) is 3. The van der Waals surface area contributed by atoms with Gasteiger partial charge in [0.1, 0.15) is 35.5 Å². The maximum atomic E-state index is 12.8. The molecule has 3 aromatic carbocycles. The number of nitrogens with one attached hydrogen (secondary N) is 1. The SMILES string of the molecule is COc1cc(NC(=O)/C(C#N)=C/c2ccc(OCc3cccc(C)c3)c(Br)c2)c(OC)cc1Cl. The van der Waals surface area contributed by atoms with Crippen LogP contribution in [0.4, 0.5) is 5.69 Å². The molecular weight excluding hydrogens is 520 g/mol. The molecule has 0 aliphatic heterocycles. The second-order valence-corrected chi connectivity index (χ2v) is 8.54. The van der Waals surface area contributed by atoms with Gasteiger partial charge < -0.3 is 19.5 Å². The van der Waals surface area contributed by atoms with E-state index in [9.17, 15) is 10.1 Å². The lowest BCUT2D eigenvalue weighted by Gasteiger charge is -2.13. The van der Waals surface area contributed by atoms with E-state index in [1.165, 1.54) is 32.4 Å². The topological polar surface area (TPSA) is 80.6 Å². The lowest BCUT2D eigenvalue weighted by Crippen LogP contribution is -2.14. The first-order valence-electron chi connectivity index (χ1n) is 10.2. The molecule has 0 fully saturated rings. The predicted octanol–water partition coefficient (Wildman–Crippen LogP) is 6.55. The standard InChI is InChI=1S/C26H22BrClN2O4/c1-16-5-4-6-18(9-16)15-34-23-8-7-17(11-20(23)27)10-19(14-29)26(31)30-22-13-24(32-2)21(28)12-25(22)33-3/h4-13H,15H2,1-3H3,(H,30,31)/b19-10+. The monoisotopic (exact) mass is 540 g/mol. The zero-order valence-corrected chi connectivity index (χ0v) is 21.2. The van der Waals surface area contributed by atoms with E-state index in [1.54, 1.807) is 18.2 Å². The van der Waals surface area contributed by atoms with Crippen LogP contribution < -0.4 is 19.5 Å². The number of rotatable bonds is 8. The highest BCUT2D eigenvalue weighted by atomic mass is 79.9. The normalized spacial score (nSPS) is 10.9. The minimum atomic E-state index is -0.596. The fraction of sp³-hybridized carbons (Fsp3) is 0.154. The first-order valence-corrected chi connectivity index (χ1v) is 11.3. The van der Waals surface area contributed by atoms with Gasteiger partial charge in [0.2, 0.25) is 0 Å². The molecule has 0 spiro atoms. The van der Waals surface area contributed by atoms with Crippen molar-refractivity contribution < 1.29 is 19.0 Å². The number of nitriles is 1. The van der Waals surface area contributed by atoms with Crippen LogP contribution in [-0.2, 0) is 11.4 Å². The van der Waals surface area contributed by atoms with E-state index < -0.39 is 5.91 Å². The minimum absolute atomic E-state index is 0.0868. The second-order valence-electron chi connectivity index (χ2n) is 7.28. The Morgan fingerprint density at radius 2 is 1.85 bits per heavy atom. The highest BCUT2D eigenvalue weighted by Crippen LogP contribution is 2.36. The molecule has 0 aromatic heterocycles. The van der Waals surface area contributed by atoms with E-state index in [2.05, 4.69) is 27.3 Å². The van der Waals surface area contributed by atoms with Crippen molar-refractivity contribution in [1.82, 2.24) is 0 Å². The van der Waals surface area contributed by atoms with Crippen molar-refractivity contribution >= 4 is 45.2 Å². The van der Waals surface area contributed by atoms with Crippen LogP contribution in [0.1, 0.15) is 16.7 Å². The molecule has 0 heterocycles. The number of amides is 1. The highest BCUT2D eigenvalue weighted by molar-refractivity contribution is 9.10. The summed E-state index contributed by atoms with van der Waals surface area (Å²) < 4.78 is 17.1. The Kier molecular flexibility index (Phi) is 8.58. The van der Waals surface area contributed by atoms with Crippen molar-refractivity contribution in [2.75, 3.05) is 19.5 Å². The maximum absolute atomic E-state index is 12.8. The molecule has 0 bridgehead atoms. The molecule has 0 saturated heterocycles. The Hall–Kier alpha value is -3.47. The quantitative estimate of drug-likeness (QED) is 0.258. The van der Waals surface area contributed by atoms with Gasteiger partial charge >= 0.3 is 0 Å². The fourth-order valence-electron chi connectivity index (χ4n) is 3.15. The van der Waals surface area contributed by atoms with Crippen LogP contribution in [0.2, 0.25) is 5.02 Å². The van der Waals surface area contributed by atoms with Gasteiger partial charge in [0.15, 0.2) is 0 Å². The molecule has 0 aliphatic carbocycles. The van der Waals surface area contributed by atoms with Crippen LogP contribution >= 0.6 is 27.5 Å². The molecule has 0 aliphatic rings. The summed E-state index contributed by atoms with van der Waals surface area (Å²) in [5, 5.41) is 12.6. The van der Waals surface area contributed by atoms with Crippen LogP contribution in [0.3, 0.4) is 0 Å². The minimum Gasteiger partial charge on any atom is -0.495 e. The third kappa shape index (κ3) is 6.31. The molecular formula is C26H22BrClN2O4. The number of halogens is 2. The van der Waals surface area contributed by atoms with Gasteiger partial charge in [0.25, 0.3) is 5.91 Å². The lowest BCUT2D eigenvalue weighted by molar-refractivity contribution is -0.112. The summed E-state index contributed by atoms with van der Waals surface area (Å²) >= 11 is 9.61. The lowest BCUT2D eigenvalue weighted by atomic mass is 10.1. The van der Waals surface area contributed by atoms with Gasteiger partial charge in [-0.1, -0.05) is 47.5 Å². The van der Waals surface area contributed by atoms with E-state index in [4.69, 9.17) is 25.8 Å². The van der Waals surface area contributed by atoms with Crippen molar-refractivity contribution in [2.45, 2.75) is 13.5 Å². The van der Waals surface area contributed by atoms with E-state index >= 15 is 0 Å². The van der Waals surface area contributed by atoms with Crippen molar-refractivity contribution in [1.29, 1.82) is 5.26 Å². The highest BCUT2D eigenvalue weighted by Gasteiger charge is 2.16. The van der Waals surface area contributed by atoms with Crippen molar-refractivity contribution in [3.8, 4) is 23.3 Å². The van der Waals surface area contributed by atoms with Crippen LogP contribution in [0, 0.1) is 18.3 Å². The first kappa shape index (κ1) is 25.2. The Bertz CT molecular complexity index is 1280. The maximum Gasteiger partial charge on any atom is 0.266 e. The summed E-state index contributed by atoms with van der Waals surface area (Å²) in [5.74, 6) is 0.764. The summed E-state index contributed by atoms with van der Waals surface area (Å²) in [6.45, 7) is 2.46. The predicted molar refractivity (Wildman–Crippen MR) is 136 cm³/mol. The molecule has 8 heteroatoms. The van der Waals surface area contributed by atoms with Gasteiger partial charge in [-0.05, 0) is 52.2 Å². The number of benzene rings is 3. The van der Waals surface area contributed by atoms with Crippen LogP contribution in [-0.4, -0.2) is 20.1 Å². The zero-order valence-electron chi connectivity index (χ0n) is 18.8. The number of methoxy groups -OCH3 is 2. The molecule has 0 radical (unpaired) electrons. The smallest absolute Gasteiger partial charge is 0.266 e. The Morgan fingerprint density at radius 1 is 1.09 bits per heavy atom. The number of hydrogen-bond acceptors (Lipinski definition) is 5. The number of aryl methyl sites for hydroxylation is 1. The van der Waals surface area contributed by atoms with Crippen LogP contribution in [0.25, 0.3) is 6.08 Å². The second kappa shape index (κ2) is 11.6. The molecule has 1 N–H and O–H groups in total. The third-order valence-electron chi connectivity index (χ3n) is 4.83. The van der Waals surface area contributed by atoms with Gasteiger partial charge in [-0.25, -0.2) is 0 Å². The molecule has 174 valence electrons. The van der Waals surface area contributed by atoms with Gasteiger partial charge in [-0.3, -0.25) is 4.79 Å². The van der Waals surface area contributed by atoms with Gasteiger partial charge in [0.05, 0.1) is 29.4 Å². The summed E-state index contributed by atoms with van der Waals surface area (Å²) in [6.07, 6.45) is 1.49. The van der Waals surface area contributed by atoms with Crippen LogP contribution in [0.15, 0.2) is 64.6 Å². The largest absolute Gasteiger partial charge is 0.495 e. The fourth-order valence-corrected chi connectivity index (χ4v) is 3.89. The van der Waals surface area contributed by atoms with E-state index in [1.807, 2.05) is 31.2 Å². The van der Waals surface area contributed by atoms with Crippen molar-refractivity contribution in [3.05, 3.63) is 86.4 Å². The average molecular weight is 542 g/mol. The number of hydrogen-bond donors (Lipinski definition) is 1. The first-order chi connectivity index (χ1) is 16.3. The van der Waals surface area contributed by atoms with Crippen molar-refractivity contribution in [2.24, 2.45) is 0 Å². The number of anilines is 1. The summed E-state index contributed by atoms with van der Waals surface area (Å²) in [6, 6.07) is 18.4. The number of nitrogens with zero attached hydrogens (tertiary/aromatic N) is 1. The van der Waals surface area contributed by atoms with E-state index in [0.29, 0.717) is 44.6 Å². The summed E-state index contributed by atoms with van der Waals surface area (Å²) in [4.78, 5) is 12.8. The molecule has 0 atom stereocenters. The molecule has 3 rings (SSSR count). The Labute approximate surface area is 211 Å². The molecule has 0 saturated carbocycles. The molecule has 0 unspecified atom stereocenters. The average Bonchev–Trinajstić information content (AvgIpc) is 2.82.